The molecule has 0 fully saturated rings. The summed E-state index contributed by atoms with van der Waals surface area (Å²) in [6.07, 6.45) is 0. The Morgan fingerprint density at radius 3 is 2.24 bits per heavy atom. The predicted octanol–water partition coefficient (Wildman–Crippen LogP) is 4.29. The minimum Gasteiger partial charge on any atom is -0.454 e. The lowest BCUT2D eigenvalue weighted by atomic mass is 10.1. The number of carbonyl (C=O) groups excluding carboxylic acids is 1. The van der Waals surface area contributed by atoms with Crippen LogP contribution in [0.25, 0.3) is 0 Å². The van der Waals surface area contributed by atoms with Crippen LogP contribution >= 0.6 is 0 Å². The molecule has 0 saturated carbocycles. The van der Waals surface area contributed by atoms with Gasteiger partial charge in [0, 0.05) is 25.2 Å². The molecule has 0 spiro atoms. The zero-order valence-corrected chi connectivity index (χ0v) is 19.4. The number of hydrogen-bond acceptors (Lipinski definition) is 5. The molecule has 0 aliphatic carbocycles. The van der Waals surface area contributed by atoms with Gasteiger partial charge in [-0.25, -0.2) is 8.42 Å². The second-order valence-corrected chi connectivity index (χ2v) is 9.40. The van der Waals surface area contributed by atoms with Crippen LogP contribution < -0.4 is 13.8 Å². The van der Waals surface area contributed by atoms with Crippen molar-refractivity contribution in [3.8, 4) is 11.5 Å². The van der Waals surface area contributed by atoms with Crippen LogP contribution in [0.2, 0.25) is 0 Å². The Kier molecular flexibility index (Phi) is 6.55. The number of carbonyl (C=O) groups is 1. The first-order valence-corrected chi connectivity index (χ1v) is 12.2. The minimum absolute atomic E-state index is 0.142. The summed E-state index contributed by atoms with van der Waals surface area (Å²) in [5, 5.41) is 0. The van der Waals surface area contributed by atoms with E-state index in [-0.39, 0.29) is 17.6 Å². The third-order valence-electron chi connectivity index (χ3n) is 5.50. The van der Waals surface area contributed by atoms with Crippen LogP contribution in [-0.4, -0.2) is 39.1 Å². The first kappa shape index (κ1) is 22.7. The molecule has 33 heavy (non-hydrogen) atoms. The average molecular weight is 467 g/mol. The lowest BCUT2D eigenvalue weighted by molar-refractivity contribution is 0.0752. The summed E-state index contributed by atoms with van der Waals surface area (Å²) < 4.78 is 38.5. The first-order chi connectivity index (χ1) is 15.9. The fourth-order valence-electron chi connectivity index (χ4n) is 3.75. The Morgan fingerprint density at radius 2 is 1.58 bits per heavy atom. The molecule has 3 aromatic rings. The van der Waals surface area contributed by atoms with Crippen LogP contribution in [0.5, 0.6) is 11.5 Å². The molecule has 4 rings (SSSR count). The SMILES string of the molecule is CCN(Cc1ccc2c(c1)OCO2)C(=O)c1ccc(S(=O)(=O)N(CC)c2ccccc2)cc1. The van der Waals surface area contributed by atoms with Gasteiger partial charge in [-0.05, 0) is 67.9 Å². The highest BCUT2D eigenvalue weighted by molar-refractivity contribution is 7.92. The summed E-state index contributed by atoms with van der Waals surface area (Å²) in [7, 11) is -3.74. The van der Waals surface area contributed by atoms with Crippen LogP contribution in [0.4, 0.5) is 5.69 Å². The van der Waals surface area contributed by atoms with Crippen LogP contribution in [0, 0.1) is 0 Å². The van der Waals surface area contributed by atoms with Crippen molar-refractivity contribution in [1.29, 1.82) is 0 Å². The fraction of sp³-hybridized carbons (Fsp3) is 0.240. The van der Waals surface area contributed by atoms with Gasteiger partial charge in [0.2, 0.25) is 6.79 Å². The summed E-state index contributed by atoms with van der Waals surface area (Å²) in [6, 6.07) is 20.7. The van der Waals surface area contributed by atoms with Crippen molar-refractivity contribution in [3.05, 3.63) is 83.9 Å². The van der Waals surface area contributed by atoms with Crippen molar-refractivity contribution in [3.63, 3.8) is 0 Å². The summed E-state index contributed by atoms with van der Waals surface area (Å²) in [5.74, 6) is 1.19. The van der Waals surface area contributed by atoms with E-state index in [0.29, 0.717) is 42.4 Å². The number of hydrogen-bond donors (Lipinski definition) is 0. The Hall–Kier alpha value is -3.52. The van der Waals surface area contributed by atoms with E-state index >= 15 is 0 Å². The van der Waals surface area contributed by atoms with E-state index in [1.165, 1.54) is 16.4 Å². The smallest absolute Gasteiger partial charge is 0.264 e. The van der Waals surface area contributed by atoms with E-state index in [1.807, 2.05) is 31.2 Å². The molecule has 0 N–H and O–H groups in total. The molecule has 0 bridgehead atoms. The lowest BCUT2D eigenvalue weighted by Gasteiger charge is -2.23. The zero-order chi connectivity index (χ0) is 23.4. The largest absolute Gasteiger partial charge is 0.454 e. The molecule has 172 valence electrons. The molecule has 0 aromatic heterocycles. The van der Waals surface area contributed by atoms with Crippen molar-refractivity contribution in [1.82, 2.24) is 4.90 Å². The third kappa shape index (κ3) is 4.66. The van der Waals surface area contributed by atoms with Crippen LogP contribution in [0.15, 0.2) is 77.7 Å². The molecule has 1 amide bonds. The molecule has 1 aliphatic rings. The van der Waals surface area contributed by atoms with Gasteiger partial charge in [0.15, 0.2) is 11.5 Å². The van der Waals surface area contributed by atoms with Gasteiger partial charge >= 0.3 is 0 Å². The monoisotopic (exact) mass is 466 g/mol. The number of fused-ring (bicyclic) bond motifs is 1. The lowest BCUT2D eigenvalue weighted by Crippen LogP contribution is -2.31. The van der Waals surface area contributed by atoms with Crippen molar-refractivity contribution < 1.29 is 22.7 Å². The highest BCUT2D eigenvalue weighted by atomic mass is 32.2. The number of rotatable bonds is 8. The van der Waals surface area contributed by atoms with Crippen molar-refractivity contribution >= 4 is 21.6 Å². The molecule has 7 nitrogen and oxygen atoms in total. The van der Waals surface area contributed by atoms with E-state index in [4.69, 9.17) is 9.47 Å². The number of amides is 1. The molecule has 0 atom stereocenters. The van der Waals surface area contributed by atoms with Gasteiger partial charge in [0.1, 0.15) is 0 Å². The van der Waals surface area contributed by atoms with Gasteiger partial charge in [0.05, 0.1) is 10.6 Å². The molecule has 1 heterocycles. The van der Waals surface area contributed by atoms with E-state index in [2.05, 4.69) is 0 Å². The molecule has 3 aromatic carbocycles. The molecule has 0 radical (unpaired) electrons. The number of benzene rings is 3. The van der Waals surface area contributed by atoms with Gasteiger partial charge in [-0.15, -0.1) is 0 Å². The number of para-hydroxylation sites is 1. The van der Waals surface area contributed by atoms with Gasteiger partial charge in [0.25, 0.3) is 15.9 Å². The topological polar surface area (TPSA) is 76.1 Å². The number of anilines is 1. The van der Waals surface area contributed by atoms with Gasteiger partial charge < -0.3 is 14.4 Å². The van der Waals surface area contributed by atoms with E-state index in [0.717, 1.165) is 5.56 Å². The maximum Gasteiger partial charge on any atom is 0.264 e. The second-order valence-electron chi connectivity index (χ2n) is 7.54. The van der Waals surface area contributed by atoms with Crippen molar-refractivity contribution in [2.75, 3.05) is 24.2 Å². The van der Waals surface area contributed by atoms with Crippen molar-refractivity contribution in [2.24, 2.45) is 0 Å². The molecule has 8 heteroatoms. The first-order valence-electron chi connectivity index (χ1n) is 10.8. The Labute approximate surface area is 194 Å². The number of ether oxygens (including phenoxy) is 2. The van der Waals surface area contributed by atoms with E-state index < -0.39 is 10.0 Å². The maximum atomic E-state index is 13.2. The van der Waals surface area contributed by atoms with Crippen LogP contribution in [-0.2, 0) is 16.6 Å². The van der Waals surface area contributed by atoms with E-state index in [1.54, 1.807) is 48.2 Å². The summed E-state index contributed by atoms with van der Waals surface area (Å²) in [5.41, 5.74) is 1.95. The highest BCUT2D eigenvalue weighted by Crippen LogP contribution is 2.33. The molecular weight excluding hydrogens is 440 g/mol. The van der Waals surface area contributed by atoms with E-state index in [9.17, 15) is 13.2 Å². The average Bonchev–Trinajstić information content (AvgIpc) is 3.31. The molecule has 1 aliphatic heterocycles. The Bertz CT molecular complexity index is 1230. The summed E-state index contributed by atoms with van der Waals surface area (Å²) in [6.45, 7) is 5.10. The summed E-state index contributed by atoms with van der Waals surface area (Å²) in [4.78, 5) is 14.9. The Morgan fingerprint density at radius 1 is 0.879 bits per heavy atom. The normalized spacial score (nSPS) is 12.4. The van der Waals surface area contributed by atoms with Crippen LogP contribution in [0.3, 0.4) is 0 Å². The van der Waals surface area contributed by atoms with Gasteiger partial charge in [-0.2, -0.15) is 0 Å². The molecule has 0 saturated heterocycles. The second kappa shape index (κ2) is 9.54. The maximum absolute atomic E-state index is 13.2. The number of sulfonamides is 1. The molecular formula is C25H26N2O5S. The van der Waals surface area contributed by atoms with Gasteiger partial charge in [-0.1, -0.05) is 24.3 Å². The standard InChI is InChI=1S/C25H26N2O5S/c1-3-26(17-19-10-15-23-24(16-19)32-18-31-23)25(28)20-11-13-22(14-12-20)33(29,30)27(4-2)21-8-6-5-7-9-21/h5-16H,3-4,17-18H2,1-2H3. The Balaban J connectivity index is 1.52. The summed E-state index contributed by atoms with van der Waals surface area (Å²) >= 11 is 0. The van der Waals surface area contributed by atoms with Gasteiger partial charge in [-0.3, -0.25) is 9.10 Å². The minimum atomic E-state index is -3.74. The highest BCUT2D eigenvalue weighted by Gasteiger charge is 2.24. The third-order valence-corrected chi connectivity index (χ3v) is 7.42. The fourth-order valence-corrected chi connectivity index (χ4v) is 5.23. The molecule has 0 unspecified atom stereocenters. The number of nitrogens with zero attached hydrogens (tertiary/aromatic N) is 2. The van der Waals surface area contributed by atoms with Crippen LogP contribution in [0.1, 0.15) is 29.8 Å². The zero-order valence-electron chi connectivity index (χ0n) is 18.6. The van der Waals surface area contributed by atoms with Crippen molar-refractivity contribution in [2.45, 2.75) is 25.3 Å². The predicted molar refractivity (Wildman–Crippen MR) is 126 cm³/mol. The quantitative estimate of drug-likeness (QED) is 0.495.